The van der Waals surface area contributed by atoms with Crippen molar-refractivity contribution >= 4 is 22.7 Å². The minimum Gasteiger partial charge on any atom is -0.659 e. The van der Waals surface area contributed by atoms with E-state index >= 15 is 0 Å². The molecule has 3 rings (SSSR count). The molecule has 25 heavy (non-hydrogen) atoms. The second-order valence-electron chi connectivity index (χ2n) is 5.29. The van der Waals surface area contributed by atoms with Crippen LogP contribution in [0.15, 0.2) is 72.8 Å². The summed E-state index contributed by atoms with van der Waals surface area (Å²) in [6.07, 6.45) is 0. The largest absolute Gasteiger partial charge is 4.00 e. The summed E-state index contributed by atoms with van der Waals surface area (Å²) in [5.41, 5.74) is 6.06. The monoisotopic (exact) mass is 364 g/mol. The SMILES string of the molecule is Cc1ccccc1[N-]c1ccccc1[N-]c1ccccc1C.[CH3-].[CH3-].[Ti+4]. The molecule has 0 unspecified atom stereocenters. The van der Waals surface area contributed by atoms with Gasteiger partial charge in [0.1, 0.15) is 0 Å². The number of hydrogen-bond donors (Lipinski definition) is 0. The van der Waals surface area contributed by atoms with E-state index in [0.29, 0.717) is 0 Å². The van der Waals surface area contributed by atoms with Gasteiger partial charge in [-0.25, -0.2) is 0 Å². The van der Waals surface area contributed by atoms with Crippen molar-refractivity contribution in [3.63, 3.8) is 0 Å². The molecule has 0 saturated heterocycles. The number of para-hydroxylation sites is 4. The third-order valence-corrected chi connectivity index (χ3v) is 3.59. The first kappa shape index (κ1) is 23.0. The maximum Gasteiger partial charge on any atom is 4.00 e. The normalized spacial score (nSPS) is 9.04. The molecule has 0 fully saturated rings. The van der Waals surface area contributed by atoms with Crippen LogP contribution in [0.4, 0.5) is 22.7 Å². The number of rotatable bonds is 4. The Morgan fingerprint density at radius 1 is 0.480 bits per heavy atom. The maximum atomic E-state index is 4.77. The van der Waals surface area contributed by atoms with Crippen LogP contribution in [0.3, 0.4) is 0 Å². The first-order chi connectivity index (χ1) is 10.7. The summed E-state index contributed by atoms with van der Waals surface area (Å²) >= 11 is 0. The summed E-state index contributed by atoms with van der Waals surface area (Å²) in [4.78, 5) is 0. The molecule has 0 saturated carbocycles. The van der Waals surface area contributed by atoms with Gasteiger partial charge in [-0.05, 0) is 13.8 Å². The Balaban J connectivity index is 0.00000192. The molecule has 0 radical (unpaired) electrons. The van der Waals surface area contributed by atoms with E-state index in [9.17, 15) is 0 Å². The van der Waals surface area contributed by atoms with E-state index in [1.807, 2.05) is 60.7 Å². The van der Waals surface area contributed by atoms with Crippen molar-refractivity contribution in [2.24, 2.45) is 0 Å². The van der Waals surface area contributed by atoms with Crippen molar-refractivity contribution in [2.45, 2.75) is 13.8 Å². The Hall–Kier alpha value is -2.03. The van der Waals surface area contributed by atoms with E-state index in [1.165, 1.54) is 0 Å². The number of benzene rings is 3. The Morgan fingerprint density at radius 2 is 0.760 bits per heavy atom. The quantitative estimate of drug-likeness (QED) is 0.333. The summed E-state index contributed by atoms with van der Waals surface area (Å²) in [6.45, 7) is 4.14. The minimum atomic E-state index is 0. The smallest absolute Gasteiger partial charge is 0.659 e. The second-order valence-corrected chi connectivity index (χ2v) is 5.29. The average Bonchev–Trinajstić information content (AvgIpc) is 2.53. The standard InChI is InChI=1S/C20H18N2.2CH3.Ti/c1-15-9-3-5-11-17(15)21-19-13-7-8-14-20(19)22-18-12-6-4-10-16(18)2;;;/h3-14H,1-2H3;2*1H3;/q-2;2*-1;+4. The van der Waals surface area contributed by atoms with Gasteiger partial charge in [0, 0.05) is 0 Å². The van der Waals surface area contributed by atoms with Gasteiger partial charge in [0.2, 0.25) is 0 Å². The molecule has 0 spiro atoms. The van der Waals surface area contributed by atoms with Crippen molar-refractivity contribution in [3.8, 4) is 0 Å². The van der Waals surface area contributed by atoms with Crippen LogP contribution < -0.4 is 0 Å². The van der Waals surface area contributed by atoms with Gasteiger partial charge in [0.15, 0.2) is 0 Å². The second kappa shape index (κ2) is 10.8. The Morgan fingerprint density at radius 3 is 1.08 bits per heavy atom. The molecule has 3 aromatic carbocycles. The molecule has 0 amide bonds. The van der Waals surface area contributed by atoms with Crippen molar-refractivity contribution < 1.29 is 21.7 Å². The minimum absolute atomic E-state index is 0. The fraction of sp³-hybridized carbons (Fsp3) is 0.0909. The van der Waals surface area contributed by atoms with Crippen molar-refractivity contribution in [3.05, 3.63) is 109 Å². The van der Waals surface area contributed by atoms with Crippen LogP contribution in [0, 0.1) is 28.7 Å². The fourth-order valence-electron chi connectivity index (χ4n) is 2.29. The van der Waals surface area contributed by atoms with Crippen LogP contribution in [-0.2, 0) is 21.7 Å². The first-order valence-electron chi connectivity index (χ1n) is 7.38. The molecule has 0 aliphatic rings. The molecular formula is C22H24N2Ti. The third kappa shape index (κ3) is 5.77. The average molecular weight is 364 g/mol. The van der Waals surface area contributed by atoms with E-state index in [-0.39, 0.29) is 36.6 Å². The molecule has 0 aromatic heterocycles. The molecular weight excluding hydrogens is 340 g/mol. The molecule has 2 nitrogen and oxygen atoms in total. The van der Waals surface area contributed by atoms with Gasteiger partial charge < -0.3 is 25.5 Å². The number of nitrogens with zero attached hydrogens (tertiary/aromatic N) is 2. The van der Waals surface area contributed by atoms with E-state index in [2.05, 4.69) is 26.0 Å². The number of aryl methyl sites for hydroxylation is 2. The zero-order valence-electron chi connectivity index (χ0n) is 15.3. The zero-order chi connectivity index (χ0) is 15.4. The predicted octanol–water partition coefficient (Wildman–Crippen LogP) is 7.88. The van der Waals surface area contributed by atoms with Crippen LogP contribution in [0.25, 0.3) is 10.6 Å². The topological polar surface area (TPSA) is 28.2 Å². The Bertz CT molecular complexity index is 718. The van der Waals surface area contributed by atoms with Gasteiger partial charge in [0.05, 0.1) is 0 Å². The molecule has 0 aliphatic carbocycles. The van der Waals surface area contributed by atoms with Gasteiger partial charge >= 0.3 is 21.7 Å². The molecule has 3 heteroatoms. The number of hydrogen-bond acceptors (Lipinski definition) is 0. The third-order valence-electron chi connectivity index (χ3n) is 3.59. The van der Waals surface area contributed by atoms with Crippen molar-refractivity contribution in [1.82, 2.24) is 0 Å². The summed E-state index contributed by atoms with van der Waals surface area (Å²) in [6, 6.07) is 24.3. The van der Waals surface area contributed by atoms with Gasteiger partial charge in [-0.3, -0.25) is 0 Å². The summed E-state index contributed by atoms with van der Waals surface area (Å²) in [5.74, 6) is 0. The van der Waals surface area contributed by atoms with Crippen LogP contribution in [-0.4, -0.2) is 0 Å². The van der Waals surface area contributed by atoms with Crippen molar-refractivity contribution in [1.29, 1.82) is 0 Å². The zero-order valence-corrected chi connectivity index (χ0v) is 16.9. The predicted molar refractivity (Wildman–Crippen MR) is 107 cm³/mol. The van der Waals surface area contributed by atoms with Gasteiger partial charge in [-0.15, -0.1) is 11.4 Å². The van der Waals surface area contributed by atoms with E-state index in [4.69, 9.17) is 10.6 Å². The molecule has 0 aliphatic heterocycles. The van der Waals surface area contributed by atoms with Gasteiger partial charge in [-0.1, -0.05) is 83.9 Å². The Kier molecular flexibility index (Phi) is 9.89. The molecule has 126 valence electrons. The molecule has 0 heterocycles. The van der Waals surface area contributed by atoms with E-state index < -0.39 is 0 Å². The van der Waals surface area contributed by atoms with Crippen LogP contribution >= 0.6 is 0 Å². The van der Waals surface area contributed by atoms with Crippen molar-refractivity contribution in [2.75, 3.05) is 0 Å². The summed E-state index contributed by atoms with van der Waals surface area (Å²) in [7, 11) is 0. The van der Waals surface area contributed by atoms with E-state index in [1.54, 1.807) is 0 Å². The van der Waals surface area contributed by atoms with Gasteiger partial charge in [0.25, 0.3) is 0 Å². The fourth-order valence-corrected chi connectivity index (χ4v) is 2.29. The van der Waals surface area contributed by atoms with Crippen LogP contribution in [0.5, 0.6) is 0 Å². The molecule has 3 aromatic rings. The van der Waals surface area contributed by atoms with Crippen LogP contribution in [0.2, 0.25) is 0 Å². The Labute approximate surface area is 167 Å². The van der Waals surface area contributed by atoms with Crippen LogP contribution in [0.1, 0.15) is 11.1 Å². The maximum absolute atomic E-state index is 4.77. The molecule has 0 atom stereocenters. The summed E-state index contributed by atoms with van der Waals surface area (Å²) in [5, 5.41) is 9.55. The summed E-state index contributed by atoms with van der Waals surface area (Å²) < 4.78 is 0. The molecule has 0 N–H and O–H groups in total. The van der Waals surface area contributed by atoms with E-state index in [0.717, 1.165) is 33.9 Å². The first-order valence-corrected chi connectivity index (χ1v) is 7.38. The van der Waals surface area contributed by atoms with Gasteiger partial charge in [-0.2, -0.15) is 11.4 Å². The molecule has 0 bridgehead atoms.